The van der Waals surface area contributed by atoms with Crippen LogP contribution in [-0.2, 0) is 19.1 Å². The van der Waals surface area contributed by atoms with Gasteiger partial charge in [-0.25, -0.2) is 0 Å². The number of carbonyl (C=O) groups is 2. The molecule has 0 aliphatic heterocycles. The molecule has 6 heteroatoms. The van der Waals surface area contributed by atoms with Crippen molar-refractivity contribution in [3.8, 4) is 0 Å². The van der Waals surface area contributed by atoms with Gasteiger partial charge in [0.1, 0.15) is 19.3 Å². The van der Waals surface area contributed by atoms with E-state index in [1.165, 1.54) is 109 Å². The molecular formula is C43H76O6. The predicted octanol–water partition coefficient (Wildman–Crippen LogP) is 11.6. The summed E-state index contributed by atoms with van der Waals surface area (Å²) in [4.78, 5) is 24.0. The molecular weight excluding hydrogens is 612 g/mol. The highest BCUT2D eigenvalue weighted by Gasteiger charge is 2.12. The maximum Gasteiger partial charge on any atom is 0.305 e. The van der Waals surface area contributed by atoms with E-state index in [1.54, 1.807) is 6.08 Å². The van der Waals surface area contributed by atoms with E-state index in [4.69, 9.17) is 9.47 Å². The third kappa shape index (κ3) is 38.5. The molecule has 0 aliphatic rings. The minimum atomic E-state index is -1.04. The van der Waals surface area contributed by atoms with Gasteiger partial charge in [0.05, 0.1) is 6.10 Å². The van der Waals surface area contributed by atoms with Crippen molar-refractivity contribution in [3.63, 3.8) is 0 Å². The van der Waals surface area contributed by atoms with Crippen LogP contribution < -0.4 is 0 Å². The van der Waals surface area contributed by atoms with Gasteiger partial charge < -0.3 is 19.7 Å². The molecule has 0 spiro atoms. The fraction of sp³-hybridized carbons (Fsp3) is 0.767. The second kappa shape index (κ2) is 38.6. The Morgan fingerprint density at radius 3 is 1.47 bits per heavy atom. The van der Waals surface area contributed by atoms with Gasteiger partial charge in [-0.3, -0.25) is 9.59 Å². The lowest BCUT2D eigenvalue weighted by Gasteiger charge is -2.12. The first kappa shape index (κ1) is 46.8. The first-order valence-corrected chi connectivity index (χ1v) is 20.3. The topological polar surface area (TPSA) is 93.1 Å². The zero-order chi connectivity index (χ0) is 35.9. The second-order valence-electron chi connectivity index (χ2n) is 13.6. The third-order valence-corrected chi connectivity index (χ3v) is 8.67. The van der Waals surface area contributed by atoms with Crippen LogP contribution in [0.3, 0.4) is 0 Å². The Hall–Kier alpha value is -2.18. The van der Waals surface area contributed by atoms with Crippen molar-refractivity contribution in [2.24, 2.45) is 0 Å². The summed E-state index contributed by atoms with van der Waals surface area (Å²) in [7, 11) is 0. The Labute approximate surface area is 301 Å². The van der Waals surface area contributed by atoms with Crippen molar-refractivity contribution in [1.82, 2.24) is 0 Å². The van der Waals surface area contributed by atoms with E-state index in [0.717, 1.165) is 38.5 Å². The van der Waals surface area contributed by atoms with Crippen LogP contribution in [0.4, 0.5) is 0 Å². The Morgan fingerprint density at radius 1 is 0.510 bits per heavy atom. The number of rotatable bonds is 36. The summed E-state index contributed by atoms with van der Waals surface area (Å²) in [5.41, 5.74) is 0. The first-order valence-electron chi connectivity index (χ1n) is 20.3. The van der Waals surface area contributed by atoms with Crippen molar-refractivity contribution < 1.29 is 29.3 Å². The van der Waals surface area contributed by atoms with Crippen molar-refractivity contribution >= 4 is 11.9 Å². The molecule has 6 nitrogen and oxygen atoms in total. The highest BCUT2D eigenvalue weighted by molar-refractivity contribution is 5.69. The van der Waals surface area contributed by atoms with Gasteiger partial charge in [0.2, 0.25) is 0 Å². The van der Waals surface area contributed by atoms with Gasteiger partial charge in [0.15, 0.2) is 0 Å². The Bertz CT molecular complexity index is 845. The van der Waals surface area contributed by atoms with E-state index < -0.39 is 18.2 Å². The van der Waals surface area contributed by atoms with E-state index >= 15 is 0 Å². The molecule has 2 atom stereocenters. The molecule has 0 aromatic rings. The summed E-state index contributed by atoms with van der Waals surface area (Å²) >= 11 is 0. The standard InChI is InChI=1S/C43H76O6/c1-3-5-7-9-11-13-15-17-18-19-20-22-24-26-28-30-32-36-42(46)48-38-41(45)39-49-43(47)37-33-35-40(44)34-31-29-27-25-23-21-16-14-12-10-8-6-4-2/h12,14,21,23,27,29,31,34,40-41,44-45H,3-11,13,15-20,22,24-26,28,30,32-33,35-39H2,1-2H3/b14-12-,23-21-,29-27-,34-31+/t40-,41-/m1/s1. The van der Waals surface area contributed by atoms with Crippen LogP contribution in [0.15, 0.2) is 48.6 Å². The quantitative estimate of drug-likeness (QED) is 0.0294. The third-order valence-electron chi connectivity index (χ3n) is 8.67. The number of ether oxygens (including phenoxy) is 2. The molecule has 0 unspecified atom stereocenters. The van der Waals surface area contributed by atoms with Crippen LogP contribution in [0.5, 0.6) is 0 Å². The average molecular weight is 689 g/mol. The molecule has 0 bridgehead atoms. The molecule has 0 saturated heterocycles. The summed E-state index contributed by atoms with van der Waals surface area (Å²) in [5.74, 6) is -0.756. The summed E-state index contributed by atoms with van der Waals surface area (Å²) < 4.78 is 10.2. The Kier molecular flexibility index (Phi) is 36.9. The van der Waals surface area contributed by atoms with Crippen LogP contribution >= 0.6 is 0 Å². The smallest absolute Gasteiger partial charge is 0.305 e. The van der Waals surface area contributed by atoms with Crippen molar-refractivity contribution in [3.05, 3.63) is 48.6 Å². The zero-order valence-corrected chi connectivity index (χ0v) is 31.8. The molecule has 2 N–H and O–H groups in total. The van der Waals surface area contributed by atoms with Gasteiger partial charge in [-0.2, -0.15) is 0 Å². The van der Waals surface area contributed by atoms with Crippen LogP contribution in [0.2, 0.25) is 0 Å². The predicted molar refractivity (Wildman–Crippen MR) is 206 cm³/mol. The maximum atomic E-state index is 12.0. The van der Waals surface area contributed by atoms with Gasteiger partial charge >= 0.3 is 11.9 Å². The Morgan fingerprint density at radius 2 is 0.939 bits per heavy atom. The fourth-order valence-corrected chi connectivity index (χ4v) is 5.54. The molecule has 0 heterocycles. The van der Waals surface area contributed by atoms with Crippen LogP contribution in [0.1, 0.15) is 187 Å². The number of aliphatic hydroxyl groups is 2. The molecule has 0 fully saturated rings. The lowest BCUT2D eigenvalue weighted by molar-refractivity contribution is -0.152. The number of hydrogen-bond donors (Lipinski definition) is 2. The lowest BCUT2D eigenvalue weighted by atomic mass is 10.0. The van der Waals surface area contributed by atoms with Crippen LogP contribution in [-0.4, -0.2) is 47.6 Å². The molecule has 0 amide bonds. The van der Waals surface area contributed by atoms with E-state index in [9.17, 15) is 19.8 Å². The minimum Gasteiger partial charge on any atom is -0.463 e. The molecule has 0 saturated carbocycles. The fourth-order valence-electron chi connectivity index (χ4n) is 5.54. The normalized spacial score (nSPS) is 13.3. The monoisotopic (exact) mass is 689 g/mol. The van der Waals surface area contributed by atoms with Gasteiger partial charge in [-0.15, -0.1) is 0 Å². The maximum absolute atomic E-state index is 12.0. The molecule has 0 radical (unpaired) electrons. The van der Waals surface area contributed by atoms with Gasteiger partial charge in [-0.1, -0.05) is 178 Å². The first-order chi connectivity index (χ1) is 24.0. The minimum absolute atomic E-state index is 0.157. The summed E-state index contributed by atoms with van der Waals surface area (Å²) in [5, 5.41) is 20.1. The van der Waals surface area contributed by atoms with E-state index in [1.807, 2.05) is 18.2 Å². The van der Waals surface area contributed by atoms with Gasteiger partial charge in [-0.05, 0) is 44.9 Å². The second-order valence-corrected chi connectivity index (χ2v) is 13.6. The van der Waals surface area contributed by atoms with Crippen molar-refractivity contribution in [2.75, 3.05) is 13.2 Å². The van der Waals surface area contributed by atoms with Crippen molar-refractivity contribution in [2.45, 2.75) is 199 Å². The lowest BCUT2D eigenvalue weighted by Crippen LogP contribution is -2.25. The van der Waals surface area contributed by atoms with E-state index in [0.29, 0.717) is 19.3 Å². The molecule has 49 heavy (non-hydrogen) atoms. The van der Waals surface area contributed by atoms with E-state index in [-0.39, 0.29) is 25.6 Å². The van der Waals surface area contributed by atoms with E-state index in [2.05, 4.69) is 38.2 Å². The number of esters is 2. The number of aliphatic hydroxyl groups excluding tert-OH is 2. The highest BCUT2D eigenvalue weighted by atomic mass is 16.6. The van der Waals surface area contributed by atoms with Crippen LogP contribution in [0.25, 0.3) is 0 Å². The molecule has 0 aromatic carbocycles. The summed E-state index contributed by atoms with van der Waals surface area (Å²) in [6.07, 6.45) is 44.8. The van der Waals surface area contributed by atoms with Gasteiger partial charge in [0.25, 0.3) is 0 Å². The zero-order valence-electron chi connectivity index (χ0n) is 31.8. The molecule has 0 aliphatic carbocycles. The number of hydrogen-bond acceptors (Lipinski definition) is 6. The summed E-state index contributed by atoms with van der Waals surface area (Å²) in [6, 6.07) is 0. The average Bonchev–Trinajstić information content (AvgIpc) is 3.09. The molecule has 284 valence electrons. The number of unbranched alkanes of at least 4 members (excludes halogenated alkanes) is 19. The Balaban J connectivity index is 3.60. The SMILES string of the molecule is CCCCC/C=C\C/C=C\C/C=C\C=C\[C@@H](O)CCCC(=O)OC[C@H](O)COC(=O)CCCCCCCCCCCCCCCCCCC. The van der Waals surface area contributed by atoms with Gasteiger partial charge in [0, 0.05) is 12.8 Å². The highest BCUT2D eigenvalue weighted by Crippen LogP contribution is 2.14. The molecule has 0 aromatic heterocycles. The van der Waals surface area contributed by atoms with Crippen molar-refractivity contribution in [1.29, 1.82) is 0 Å². The number of carbonyl (C=O) groups excluding carboxylic acids is 2. The summed E-state index contributed by atoms with van der Waals surface area (Å²) in [6.45, 7) is 4.11. The largest absolute Gasteiger partial charge is 0.463 e. The van der Waals surface area contributed by atoms with Crippen LogP contribution in [0, 0.1) is 0 Å². The number of allylic oxidation sites excluding steroid dienone is 7. The molecule has 0 rings (SSSR count).